The molecule has 4 aromatic rings. The molecule has 0 fully saturated rings. The molecule has 1 aromatic heterocycles. The van der Waals surface area contributed by atoms with Crippen molar-refractivity contribution in [2.45, 2.75) is 0 Å². The molecule has 1 N–H and O–H groups in total. The molecular weight excluding hydrogens is 389 g/mol. The maximum Gasteiger partial charge on any atom is 0.270 e. The average molecular weight is 403 g/mol. The first-order valence-corrected chi connectivity index (χ1v) is 8.88. The van der Waals surface area contributed by atoms with Gasteiger partial charge in [0.25, 0.3) is 5.69 Å². The van der Waals surface area contributed by atoms with E-state index >= 15 is 0 Å². The minimum atomic E-state index is -0.500. The van der Waals surface area contributed by atoms with Crippen LogP contribution in [0.4, 0.5) is 15.8 Å². The average Bonchev–Trinajstić information content (AvgIpc) is 3.16. The molecular formula is C22H14FN3O4. The number of nitrogens with zero attached hydrogens (tertiary/aromatic N) is 2. The van der Waals surface area contributed by atoms with E-state index in [4.69, 9.17) is 4.42 Å². The van der Waals surface area contributed by atoms with E-state index in [0.717, 1.165) is 0 Å². The normalized spacial score (nSPS) is 11.1. The van der Waals surface area contributed by atoms with E-state index in [9.17, 15) is 19.3 Å². The van der Waals surface area contributed by atoms with Gasteiger partial charge in [-0.15, -0.1) is 0 Å². The van der Waals surface area contributed by atoms with Crippen LogP contribution in [0.25, 0.3) is 28.6 Å². The Bertz CT molecular complexity index is 1300. The Kier molecular flexibility index (Phi) is 5.04. The van der Waals surface area contributed by atoms with Gasteiger partial charge >= 0.3 is 0 Å². The summed E-state index contributed by atoms with van der Waals surface area (Å²) in [5.74, 6) is -0.709. The third-order valence-electron chi connectivity index (χ3n) is 4.27. The molecule has 0 aliphatic heterocycles. The molecule has 0 radical (unpaired) electrons. The van der Waals surface area contributed by atoms with Gasteiger partial charge in [0.15, 0.2) is 5.58 Å². The Hall–Kier alpha value is -4.33. The van der Waals surface area contributed by atoms with Crippen molar-refractivity contribution in [2.75, 3.05) is 5.32 Å². The van der Waals surface area contributed by atoms with Crippen molar-refractivity contribution in [3.63, 3.8) is 0 Å². The summed E-state index contributed by atoms with van der Waals surface area (Å²) >= 11 is 0. The number of carbonyl (C=O) groups is 1. The molecule has 30 heavy (non-hydrogen) atoms. The van der Waals surface area contributed by atoms with Crippen LogP contribution in [0.1, 0.15) is 5.56 Å². The molecule has 0 spiro atoms. The molecule has 1 heterocycles. The molecule has 0 unspecified atom stereocenters. The number of hydrogen-bond donors (Lipinski definition) is 1. The second-order valence-corrected chi connectivity index (χ2v) is 6.36. The Morgan fingerprint density at radius 3 is 2.73 bits per heavy atom. The van der Waals surface area contributed by atoms with E-state index in [1.54, 1.807) is 48.5 Å². The van der Waals surface area contributed by atoms with Crippen molar-refractivity contribution in [1.82, 2.24) is 4.98 Å². The molecule has 3 aromatic carbocycles. The van der Waals surface area contributed by atoms with Crippen LogP contribution in [-0.2, 0) is 4.79 Å². The highest BCUT2D eigenvalue weighted by Gasteiger charge is 2.12. The van der Waals surface area contributed by atoms with E-state index in [2.05, 4.69) is 10.3 Å². The Morgan fingerprint density at radius 1 is 1.10 bits per heavy atom. The number of amides is 1. The third-order valence-corrected chi connectivity index (χ3v) is 4.27. The Balaban J connectivity index is 1.51. The van der Waals surface area contributed by atoms with Crippen LogP contribution >= 0.6 is 0 Å². The summed E-state index contributed by atoms with van der Waals surface area (Å²) in [6, 6.07) is 17.0. The predicted molar refractivity (Wildman–Crippen MR) is 110 cm³/mol. The third kappa shape index (κ3) is 4.07. The van der Waals surface area contributed by atoms with Gasteiger partial charge in [-0.3, -0.25) is 14.9 Å². The lowest BCUT2D eigenvalue weighted by atomic mass is 10.2. The first-order chi connectivity index (χ1) is 14.5. The van der Waals surface area contributed by atoms with Crippen molar-refractivity contribution in [3.05, 3.63) is 94.3 Å². The van der Waals surface area contributed by atoms with Crippen LogP contribution in [0.3, 0.4) is 0 Å². The van der Waals surface area contributed by atoms with Gasteiger partial charge in [0.05, 0.1) is 10.5 Å². The topological polar surface area (TPSA) is 98.3 Å². The van der Waals surface area contributed by atoms with Crippen LogP contribution in [0, 0.1) is 15.9 Å². The summed E-state index contributed by atoms with van der Waals surface area (Å²) < 4.78 is 19.5. The first kappa shape index (κ1) is 19.0. The Morgan fingerprint density at radius 2 is 1.93 bits per heavy atom. The molecule has 0 bridgehead atoms. The molecule has 4 rings (SSSR count). The number of carbonyl (C=O) groups excluding carboxylic acids is 1. The highest BCUT2D eigenvalue weighted by Crippen LogP contribution is 2.27. The number of rotatable bonds is 5. The maximum absolute atomic E-state index is 13.9. The van der Waals surface area contributed by atoms with Gasteiger partial charge < -0.3 is 9.73 Å². The zero-order valence-corrected chi connectivity index (χ0v) is 15.4. The summed E-state index contributed by atoms with van der Waals surface area (Å²) in [7, 11) is 0. The lowest BCUT2D eigenvalue weighted by molar-refractivity contribution is -0.384. The summed E-state index contributed by atoms with van der Waals surface area (Å²) in [5, 5.41) is 13.5. The summed E-state index contributed by atoms with van der Waals surface area (Å²) in [5.41, 5.74) is 2.12. The van der Waals surface area contributed by atoms with E-state index in [-0.39, 0.29) is 17.1 Å². The van der Waals surface area contributed by atoms with E-state index < -0.39 is 16.6 Å². The summed E-state index contributed by atoms with van der Waals surface area (Å²) in [6.45, 7) is 0. The molecule has 0 saturated heterocycles. The van der Waals surface area contributed by atoms with Gasteiger partial charge in [-0.05, 0) is 42.0 Å². The molecule has 0 saturated carbocycles. The smallest absolute Gasteiger partial charge is 0.270 e. The van der Waals surface area contributed by atoms with Crippen LogP contribution in [0.2, 0.25) is 0 Å². The van der Waals surface area contributed by atoms with Crippen molar-refractivity contribution in [1.29, 1.82) is 0 Å². The van der Waals surface area contributed by atoms with Crippen molar-refractivity contribution < 1.29 is 18.5 Å². The fraction of sp³-hybridized carbons (Fsp3) is 0. The van der Waals surface area contributed by atoms with Crippen LogP contribution in [0.15, 0.2) is 77.2 Å². The van der Waals surface area contributed by atoms with Gasteiger partial charge in [0.2, 0.25) is 11.8 Å². The van der Waals surface area contributed by atoms with Crippen LogP contribution < -0.4 is 5.32 Å². The number of halogens is 1. The second-order valence-electron chi connectivity index (χ2n) is 6.36. The number of hydrogen-bond acceptors (Lipinski definition) is 5. The molecule has 0 aliphatic rings. The fourth-order valence-electron chi connectivity index (χ4n) is 2.85. The Labute approximate surface area is 169 Å². The van der Waals surface area contributed by atoms with Crippen LogP contribution in [0.5, 0.6) is 0 Å². The number of nitro benzene ring substituents is 1. The molecule has 1 amide bonds. The van der Waals surface area contributed by atoms with Crippen molar-refractivity contribution >= 4 is 34.5 Å². The highest BCUT2D eigenvalue weighted by molar-refractivity contribution is 6.02. The summed E-state index contributed by atoms with van der Waals surface area (Å²) in [6.07, 6.45) is 2.75. The molecule has 0 aliphatic carbocycles. The van der Waals surface area contributed by atoms with Gasteiger partial charge in [-0.2, -0.15) is 0 Å². The molecule has 148 valence electrons. The monoisotopic (exact) mass is 403 g/mol. The largest absolute Gasteiger partial charge is 0.436 e. The molecule has 0 atom stereocenters. The number of nitro groups is 1. The molecule has 8 heteroatoms. The van der Waals surface area contributed by atoms with E-state index in [0.29, 0.717) is 22.4 Å². The second kappa shape index (κ2) is 7.96. The van der Waals surface area contributed by atoms with Crippen LogP contribution in [-0.4, -0.2) is 15.8 Å². The standard InChI is InChI=1S/C22H14FN3O4/c23-18-7-2-1-6-17(18)22-25-19-13-15(9-10-20(19)30-22)24-21(27)11-8-14-4-3-5-16(12-14)26(28)29/h1-13H,(H,24,27)/b11-8+. The van der Waals surface area contributed by atoms with Gasteiger partial charge in [-0.1, -0.05) is 24.3 Å². The minimum Gasteiger partial charge on any atom is -0.436 e. The zero-order valence-electron chi connectivity index (χ0n) is 15.4. The van der Waals surface area contributed by atoms with Gasteiger partial charge in [-0.25, -0.2) is 9.37 Å². The fourth-order valence-corrected chi connectivity index (χ4v) is 2.85. The number of fused-ring (bicyclic) bond motifs is 1. The van der Waals surface area contributed by atoms with Gasteiger partial charge in [0.1, 0.15) is 11.3 Å². The van der Waals surface area contributed by atoms with Gasteiger partial charge in [0, 0.05) is 23.9 Å². The predicted octanol–water partition coefficient (Wildman–Crippen LogP) is 5.19. The lowest BCUT2D eigenvalue weighted by Crippen LogP contribution is -2.07. The van der Waals surface area contributed by atoms with Crippen molar-refractivity contribution in [3.8, 4) is 11.5 Å². The number of aromatic nitrogens is 1. The minimum absolute atomic E-state index is 0.0558. The maximum atomic E-state index is 13.9. The highest BCUT2D eigenvalue weighted by atomic mass is 19.1. The number of benzene rings is 3. The summed E-state index contributed by atoms with van der Waals surface area (Å²) in [4.78, 5) is 26.8. The number of oxazole rings is 1. The quantitative estimate of drug-likeness (QED) is 0.281. The van der Waals surface area contributed by atoms with E-state index in [1.807, 2.05) is 0 Å². The number of anilines is 1. The molecule has 7 nitrogen and oxygen atoms in total. The SMILES string of the molecule is O=C(/C=C/c1cccc([N+](=O)[O-])c1)Nc1ccc2oc(-c3ccccc3F)nc2c1. The van der Waals surface area contributed by atoms with Crippen molar-refractivity contribution in [2.24, 2.45) is 0 Å². The zero-order chi connectivity index (χ0) is 21.1. The first-order valence-electron chi connectivity index (χ1n) is 8.88. The lowest BCUT2D eigenvalue weighted by Gasteiger charge is -2.01. The number of non-ortho nitro benzene ring substituents is 1. The number of nitrogens with one attached hydrogen (secondary N) is 1. The van der Waals surface area contributed by atoms with E-state index in [1.165, 1.54) is 30.4 Å².